The van der Waals surface area contributed by atoms with Crippen molar-refractivity contribution in [3.05, 3.63) is 0 Å². The highest BCUT2D eigenvalue weighted by Gasteiger charge is 2.27. The molecule has 0 radical (unpaired) electrons. The molecule has 1 rings (SSSR count). The Balaban J connectivity index is 2.48. The van der Waals surface area contributed by atoms with Crippen LogP contribution in [0.2, 0.25) is 0 Å². The number of nitrogens with zero attached hydrogens (tertiary/aromatic N) is 1. The van der Waals surface area contributed by atoms with Gasteiger partial charge in [-0.05, 0) is 17.7 Å². The fraction of sp³-hybridized carbons (Fsp3) is 0.500. The second-order valence-electron chi connectivity index (χ2n) is 1.55. The van der Waals surface area contributed by atoms with Crippen LogP contribution in [0.15, 0.2) is 0 Å². The lowest BCUT2D eigenvalue weighted by Gasteiger charge is -2.21. The van der Waals surface area contributed by atoms with Gasteiger partial charge in [0.25, 0.3) is 0 Å². The van der Waals surface area contributed by atoms with Gasteiger partial charge >= 0.3 is 11.9 Å². The van der Waals surface area contributed by atoms with Gasteiger partial charge in [0.1, 0.15) is 0 Å². The van der Waals surface area contributed by atoms with Crippen molar-refractivity contribution >= 4 is 11.9 Å². The molecule has 1 saturated heterocycles. The quantitative estimate of drug-likeness (QED) is 0.466. The molecule has 1 aliphatic rings. The molecule has 1 N–H and O–H groups in total. The number of carbonyl (C=O) groups is 2. The van der Waals surface area contributed by atoms with Crippen LogP contribution < -0.4 is 5.59 Å². The Labute approximate surface area is 56.6 Å². The van der Waals surface area contributed by atoms with Crippen molar-refractivity contribution in [1.29, 1.82) is 0 Å². The molecule has 0 aromatic carbocycles. The third kappa shape index (κ3) is 1.23. The molecule has 0 unspecified atom stereocenters. The van der Waals surface area contributed by atoms with Crippen molar-refractivity contribution in [3.63, 3.8) is 0 Å². The van der Waals surface area contributed by atoms with Gasteiger partial charge in [-0.1, -0.05) is 0 Å². The monoisotopic (exact) mass is 146 g/mol. The highest BCUT2D eigenvalue weighted by molar-refractivity contribution is 6.29. The molecule has 1 fully saturated rings. The van der Waals surface area contributed by atoms with Gasteiger partial charge < -0.3 is 9.68 Å². The zero-order valence-electron chi connectivity index (χ0n) is 5.29. The van der Waals surface area contributed by atoms with Crippen molar-refractivity contribution in [3.8, 4) is 0 Å². The minimum atomic E-state index is -1.04. The van der Waals surface area contributed by atoms with Crippen LogP contribution in [0.5, 0.6) is 0 Å². The molecule has 6 nitrogen and oxygen atoms in total. The Morgan fingerprint density at radius 1 is 1.50 bits per heavy atom. The third-order valence-electron chi connectivity index (χ3n) is 0.887. The summed E-state index contributed by atoms with van der Waals surface area (Å²) >= 11 is 0. The van der Waals surface area contributed by atoms with Crippen molar-refractivity contribution in [2.24, 2.45) is 0 Å². The Kier molecular flexibility index (Phi) is 1.83. The first-order valence-electron chi connectivity index (χ1n) is 2.70. The number of carbonyl (C=O) groups excluding carboxylic acids is 2. The summed E-state index contributed by atoms with van der Waals surface area (Å²) in [5.41, 5.74) is 2.09. The molecule has 0 atom stereocenters. The van der Waals surface area contributed by atoms with Crippen molar-refractivity contribution in [2.75, 3.05) is 6.54 Å². The molecule has 0 bridgehead atoms. The fourth-order valence-corrected chi connectivity index (χ4v) is 0.419. The predicted molar refractivity (Wildman–Crippen MR) is 27.7 cm³/mol. The van der Waals surface area contributed by atoms with Crippen LogP contribution in [-0.4, -0.2) is 23.7 Å². The highest BCUT2D eigenvalue weighted by atomic mass is 16.9. The van der Waals surface area contributed by atoms with Gasteiger partial charge in [0, 0.05) is 0 Å². The minimum Gasteiger partial charge on any atom is -0.343 e. The Morgan fingerprint density at radius 3 is 2.70 bits per heavy atom. The number of hydrogen-bond acceptors (Lipinski definition) is 6. The number of hydrazine groups is 1. The molecule has 1 heterocycles. The number of hydrogen-bond donors (Lipinski definition) is 1. The molecule has 0 aromatic rings. The first kappa shape index (κ1) is 6.97. The van der Waals surface area contributed by atoms with E-state index in [9.17, 15) is 9.59 Å². The van der Waals surface area contributed by atoms with E-state index >= 15 is 0 Å². The largest absolute Gasteiger partial charge is 0.439 e. The van der Waals surface area contributed by atoms with Crippen LogP contribution in [0.3, 0.4) is 0 Å². The van der Waals surface area contributed by atoms with Gasteiger partial charge in [-0.15, -0.1) is 0 Å². The first-order chi connectivity index (χ1) is 4.74. The zero-order valence-corrected chi connectivity index (χ0v) is 5.29. The molecule has 0 aliphatic carbocycles. The number of hydroxylamine groups is 1. The molecule has 0 amide bonds. The molecule has 1 aliphatic heterocycles. The van der Waals surface area contributed by atoms with E-state index < -0.39 is 11.9 Å². The normalized spacial score (nSPS) is 20.1. The van der Waals surface area contributed by atoms with Crippen LogP contribution in [0.25, 0.3) is 0 Å². The van der Waals surface area contributed by atoms with E-state index in [1.54, 1.807) is 6.92 Å². The first-order valence-corrected chi connectivity index (χ1v) is 2.70. The summed E-state index contributed by atoms with van der Waals surface area (Å²) in [6.45, 7) is 2.12. The maximum Gasteiger partial charge on any atom is 0.439 e. The summed E-state index contributed by atoms with van der Waals surface area (Å²) in [4.78, 5) is 29.2. The Bertz CT molecular complexity index is 169. The van der Waals surface area contributed by atoms with Crippen LogP contribution in [-0.2, 0) is 19.3 Å². The molecule has 56 valence electrons. The standard InChI is InChI=1S/C4H6N2O4/c1-2-6-5-9-3(7)4(8)10-6/h5H,2H2,1H3. The summed E-state index contributed by atoms with van der Waals surface area (Å²) in [5.74, 6) is -2.05. The third-order valence-corrected chi connectivity index (χ3v) is 0.887. The summed E-state index contributed by atoms with van der Waals surface area (Å²) in [5, 5.41) is 1.00. The van der Waals surface area contributed by atoms with Crippen molar-refractivity contribution < 1.29 is 19.3 Å². The minimum absolute atomic E-state index is 0.402. The molecule has 0 saturated carbocycles. The molecule has 6 heteroatoms. The van der Waals surface area contributed by atoms with Crippen molar-refractivity contribution in [2.45, 2.75) is 6.92 Å². The lowest BCUT2D eigenvalue weighted by Crippen LogP contribution is -2.49. The van der Waals surface area contributed by atoms with Crippen LogP contribution in [0.4, 0.5) is 0 Å². The summed E-state index contributed by atoms with van der Waals surface area (Å²) < 4.78 is 0. The molecule has 10 heavy (non-hydrogen) atoms. The van der Waals surface area contributed by atoms with Crippen LogP contribution in [0, 0.1) is 0 Å². The fourth-order valence-electron chi connectivity index (χ4n) is 0.419. The van der Waals surface area contributed by atoms with Gasteiger partial charge in [-0.25, -0.2) is 9.59 Å². The SMILES string of the molecule is CCN1NOC(=O)C(=O)O1. The van der Waals surface area contributed by atoms with E-state index in [4.69, 9.17) is 0 Å². The van der Waals surface area contributed by atoms with Crippen LogP contribution in [0.1, 0.15) is 6.92 Å². The molecular weight excluding hydrogens is 140 g/mol. The highest BCUT2D eigenvalue weighted by Crippen LogP contribution is 1.94. The lowest BCUT2D eigenvalue weighted by atomic mass is 10.7. The Morgan fingerprint density at radius 2 is 2.20 bits per heavy atom. The molecule has 0 spiro atoms. The average molecular weight is 146 g/mol. The van der Waals surface area contributed by atoms with Crippen molar-refractivity contribution in [1.82, 2.24) is 10.8 Å². The smallest absolute Gasteiger partial charge is 0.343 e. The molecule has 0 aromatic heterocycles. The van der Waals surface area contributed by atoms with E-state index in [0.717, 1.165) is 5.17 Å². The summed E-state index contributed by atoms with van der Waals surface area (Å²) in [6, 6.07) is 0. The number of rotatable bonds is 1. The lowest BCUT2D eigenvalue weighted by molar-refractivity contribution is -0.278. The van der Waals surface area contributed by atoms with Gasteiger partial charge in [0.05, 0.1) is 6.54 Å². The van der Waals surface area contributed by atoms with E-state index in [1.807, 2.05) is 0 Å². The van der Waals surface area contributed by atoms with E-state index in [2.05, 4.69) is 15.3 Å². The number of nitrogens with one attached hydrogen (secondary N) is 1. The van der Waals surface area contributed by atoms with Gasteiger partial charge in [-0.2, -0.15) is 0 Å². The molecular formula is C4H6N2O4. The van der Waals surface area contributed by atoms with E-state index in [1.165, 1.54) is 0 Å². The van der Waals surface area contributed by atoms with E-state index in [0.29, 0.717) is 6.54 Å². The van der Waals surface area contributed by atoms with E-state index in [-0.39, 0.29) is 0 Å². The van der Waals surface area contributed by atoms with Gasteiger partial charge in [0.2, 0.25) is 0 Å². The summed E-state index contributed by atoms with van der Waals surface area (Å²) in [6.07, 6.45) is 0. The maximum atomic E-state index is 10.4. The Hall–Kier alpha value is -1.14. The topological polar surface area (TPSA) is 67.9 Å². The average Bonchev–Trinajstić information content (AvgIpc) is 1.95. The van der Waals surface area contributed by atoms with Crippen LogP contribution >= 0.6 is 0 Å². The maximum absolute atomic E-state index is 10.4. The van der Waals surface area contributed by atoms with Gasteiger partial charge in [-0.3, -0.25) is 0 Å². The second kappa shape index (κ2) is 2.63. The van der Waals surface area contributed by atoms with Gasteiger partial charge in [0.15, 0.2) is 0 Å². The zero-order chi connectivity index (χ0) is 7.56. The predicted octanol–water partition coefficient (Wildman–Crippen LogP) is -1.26. The summed E-state index contributed by atoms with van der Waals surface area (Å²) in [7, 11) is 0. The second-order valence-corrected chi connectivity index (χ2v) is 1.55.